The lowest BCUT2D eigenvalue weighted by Gasteiger charge is -2.39. The van der Waals surface area contributed by atoms with Crippen LogP contribution in [0.15, 0.2) is 0 Å². The van der Waals surface area contributed by atoms with E-state index in [9.17, 15) is 4.79 Å². The molecule has 3 rings (SSSR count). The maximum Gasteiger partial charge on any atom is 0.222 e. The van der Waals surface area contributed by atoms with Gasteiger partial charge in [0, 0.05) is 32.1 Å². The molecule has 0 radical (unpaired) electrons. The Kier molecular flexibility index (Phi) is 6.96. The molecule has 3 fully saturated rings. The molecule has 2 atom stereocenters. The van der Waals surface area contributed by atoms with Crippen LogP contribution in [0.4, 0.5) is 0 Å². The van der Waals surface area contributed by atoms with E-state index >= 15 is 0 Å². The predicted octanol–water partition coefficient (Wildman–Crippen LogP) is 2.88. The fourth-order valence-electron chi connectivity index (χ4n) is 4.86. The highest BCUT2D eigenvalue weighted by Crippen LogP contribution is 2.24. The van der Waals surface area contributed by atoms with E-state index < -0.39 is 0 Å². The molecule has 0 spiro atoms. The zero-order chi connectivity index (χ0) is 16.8. The van der Waals surface area contributed by atoms with Crippen molar-refractivity contribution in [2.75, 3.05) is 39.3 Å². The standard InChI is InChI=1S/C20H37N3O/c1-17-5-2-3-13-22(17)15-19-6-4-14-23(16-19)20(24)8-7-18-9-11-21-12-10-18/h17-19,21H,2-16H2,1H3. The van der Waals surface area contributed by atoms with Crippen LogP contribution in [0.2, 0.25) is 0 Å². The number of amides is 1. The minimum absolute atomic E-state index is 0.421. The molecular formula is C20H37N3O. The van der Waals surface area contributed by atoms with Gasteiger partial charge in [0.05, 0.1) is 0 Å². The molecule has 2 unspecified atom stereocenters. The summed E-state index contributed by atoms with van der Waals surface area (Å²) in [6.45, 7) is 9.13. The Balaban J connectivity index is 1.41. The van der Waals surface area contributed by atoms with Crippen molar-refractivity contribution in [2.24, 2.45) is 11.8 Å². The van der Waals surface area contributed by atoms with Crippen LogP contribution < -0.4 is 5.32 Å². The van der Waals surface area contributed by atoms with Crippen molar-refractivity contribution in [3.63, 3.8) is 0 Å². The third-order valence-electron chi connectivity index (χ3n) is 6.53. The molecule has 3 aliphatic heterocycles. The van der Waals surface area contributed by atoms with Crippen LogP contribution in [0.5, 0.6) is 0 Å². The van der Waals surface area contributed by atoms with Crippen LogP contribution >= 0.6 is 0 Å². The van der Waals surface area contributed by atoms with Gasteiger partial charge in [-0.25, -0.2) is 0 Å². The number of nitrogens with one attached hydrogen (secondary N) is 1. The lowest BCUT2D eigenvalue weighted by atomic mass is 9.92. The Morgan fingerprint density at radius 2 is 1.83 bits per heavy atom. The second kappa shape index (κ2) is 9.19. The van der Waals surface area contributed by atoms with Crippen LogP contribution in [0.3, 0.4) is 0 Å². The van der Waals surface area contributed by atoms with Crippen molar-refractivity contribution in [3.8, 4) is 0 Å². The fraction of sp³-hybridized carbons (Fsp3) is 0.950. The highest BCUT2D eigenvalue weighted by Gasteiger charge is 2.27. The zero-order valence-corrected chi connectivity index (χ0v) is 15.6. The summed E-state index contributed by atoms with van der Waals surface area (Å²) in [6, 6.07) is 0.740. The Labute approximate surface area is 148 Å². The van der Waals surface area contributed by atoms with Crippen LogP contribution in [0.1, 0.15) is 64.7 Å². The fourth-order valence-corrected chi connectivity index (χ4v) is 4.86. The van der Waals surface area contributed by atoms with Crippen molar-refractivity contribution in [3.05, 3.63) is 0 Å². The Bertz CT molecular complexity index is 394. The summed E-state index contributed by atoms with van der Waals surface area (Å²) in [5, 5.41) is 3.41. The summed E-state index contributed by atoms with van der Waals surface area (Å²) < 4.78 is 0. The van der Waals surface area contributed by atoms with E-state index in [2.05, 4.69) is 22.0 Å². The van der Waals surface area contributed by atoms with Gasteiger partial charge in [0.1, 0.15) is 0 Å². The molecule has 24 heavy (non-hydrogen) atoms. The predicted molar refractivity (Wildman–Crippen MR) is 99.0 cm³/mol. The molecule has 1 amide bonds. The van der Waals surface area contributed by atoms with E-state index in [1.54, 1.807) is 0 Å². The van der Waals surface area contributed by atoms with E-state index in [4.69, 9.17) is 0 Å². The van der Waals surface area contributed by atoms with Crippen LogP contribution in [-0.4, -0.2) is 61.0 Å². The SMILES string of the molecule is CC1CCCCN1CC1CCCN(C(=O)CCC2CCNCC2)C1. The van der Waals surface area contributed by atoms with E-state index in [0.29, 0.717) is 11.8 Å². The topological polar surface area (TPSA) is 35.6 Å². The summed E-state index contributed by atoms with van der Waals surface area (Å²) in [7, 11) is 0. The maximum absolute atomic E-state index is 12.6. The molecule has 0 aromatic rings. The quantitative estimate of drug-likeness (QED) is 0.839. The van der Waals surface area contributed by atoms with Gasteiger partial charge in [-0.2, -0.15) is 0 Å². The third-order valence-corrected chi connectivity index (χ3v) is 6.53. The zero-order valence-electron chi connectivity index (χ0n) is 15.6. The molecule has 138 valence electrons. The number of carbonyl (C=O) groups excluding carboxylic acids is 1. The Morgan fingerprint density at radius 3 is 2.62 bits per heavy atom. The van der Waals surface area contributed by atoms with E-state index in [1.807, 2.05) is 0 Å². The van der Waals surface area contributed by atoms with Crippen LogP contribution in [-0.2, 0) is 4.79 Å². The van der Waals surface area contributed by atoms with Gasteiger partial charge < -0.3 is 15.1 Å². The number of carbonyl (C=O) groups is 1. The van der Waals surface area contributed by atoms with Crippen LogP contribution in [0, 0.1) is 11.8 Å². The van der Waals surface area contributed by atoms with E-state index in [-0.39, 0.29) is 0 Å². The highest BCUT2D eigenvalue weighted by molar-refractivity contribution is 5.76. The van der Waals surface area contributed by atoms with Crippen molar-refractivity contribution in [2.45, 2.75) is 70.8 Å². The normalized spacial score (nSPS) is 30.5. The molecule has 0 aromatic carbocycles. The number of rotatable bonds is 5. The van der Waals surface area contributed by atoms with E-state index in [0.717, 1.165) is 51.0 Å². The van der Waals surface area contributed by atoms with Gasteiger partial charge in [-0.3, -0.25) is 4.79 Å². The lowest BCUT2D eigenvalue weighted by Crippen LogP contribution is -2.46. The van der Waals surface area contributed by atoms with Gasteiger partial charge in [-0.15, -0.1) is 0 Å². The molecule has 1 N–H and O–H groups in total. The molecule has 0 aromatic heterocycles. The first-order chi connectivity index (χ1) is 11.7. The monoisotopic (exact) mass is 335 g/mol. The van der Waals surface area contributed by atoms with Gasteiger partial charge in [0.2, 0.25) is 5.91 Å². The molecule has 0 bridgehead atoms. The molecule has 3 saturated heterocycles. The maximum atomic E-state index is 12.6. The Morgan fingerprint density at radius 1 is 1.00 bits per heavy atom. The lowest BCUT2D eigenvalue weighted by molar-refractivity contribution is -0.133. The highest BCUT2D eigenvalue weighted by atomic mass is 16.2. The summed E-state index contributed by atoms with van der Waals surface area (Å²) >= 11 is 0. The second-order valence-electron chi connectivity index (χ2n) is 8.42. The number of nitrogens with zero attached hydrogens (tertiary/aromatic N) is 2. The first kappa shape index (κ1) is 18.2. The van der Waals surface area contributed by atoms with Crippen molar-refractivity contribution < 1.29 is 4.79 Å². The first-order valence-electron chi connectivity index (χ1n) is 10.4. The molecule has 0 saturated carbocycles. The van der Waals surface area contributed by atoms with Gasteiger partial charge in [0.15, 0.2) is 0 Å². The van der Waals surface area contributed by atoms with Gasteiger partial charge in [0.25, 0.3) is 0 Å². The minimum Gasteiger partial charge on any atom is -0.342 e. The van der Waals surface area contributed by atoms with Crippen molar-refractivity contribution in [1.29, 1.82) is 0 Å². The summed E-state index contributed by atoms with van der Waals surface area (Å²) in [5.41, 5.74) is 0. The Hall–Kier alpha value is -0.610. The number of hydrogen-bond donors (Lipinski definition) is 1. The van der Waals surface area contributed by atoms with Crippen molar-refractivity contribution >= 4 is 5.91 Å². The van der Waals surface area contributed by atoms with Crippen LogP contribution in [0.25, 0.3) is 0 Å². The minimum atomic E-state index is 0.421. The summed E-state index contributed by atoms with van der Waals surface area (Å²) in [5.74, 6) is 1.89. The average molecular weight is 336 g/mol. The molecule has 4 heteroatoms. The van der Waals surface area contributed by atoms with Gasteiger partial charge in [-0.1, -0.05) is 6.42 Å². The molecular weight excluding hydrogens is 298 g/mol. The summed E-state index contributed by atoms with van der Waals surface area (Å²) in [6.07, 6.45) is 11.0. The van der Waals surface area contributed by atoms with E-state index in [1.165, 1.54) is 58.0 Å². The number of likely N-dealkylation sites (tertiary alicyclic amines) is 2. The smallest absolute Gasteiger partial charge is 0.222 e. The molecule has 4 nitrogen and oxygen atoms in total. The average Bonchev–Trinajstić information content (AvgIpc) is 2.63. The molecule has 3 heterocycles. The molecule has 0 aliphatic carbocycles. The van der Waals surface area contributed by atoms with Gasteiger partial charge in [-0.05, 0) is 83.3 Å². The van der Waals surface area contributed by atoms with Crippen molar-refractivity contribution in [1.82, 2.24) is 15.1 Å². The first-order valence-corrected chi connectivity index (χ1v) is 10.4. The number of hydrogen-bond acceptors (Lipinski definition) is 3. The molecule has 3 aliphatic rings. The largest absolute Gasteiger partial charge is 0.342 e. The summed E-state index contributed by atoms with van der Waals surface area (Å²) in [4.78, 5) is 17.5. The van der Waals surface area contributed by atoms with Gasteiger partial charge >= 0.3 is 0 Å². The number of piperidine rings is 3. The second-order valence-corrected chi connectivity index (χ2v) is 8.42. The third kappa shape index (κ3) is 5.19.